The molecule has 238 valence electrons. The van der Waals surface area contributed by atoms with E-state index >= 15 is 8.78 Å². The summed E-state index contributed by atoms with van der Waals surface area (Å²) in [5, 5.41) is 4.09. The summed E-state index contributed by atoms with van der Waals surface area (Å²) in [6.07, 6.45) is 4.06. The van der Waals surface area contributed by atoms with E-state index in [0.717, 1.165) is 48.6 Å². The van der Waals surface area contributed by atoms with Crippen LogP contribution in [0, 0.1) is 5.82 Å². The average molecular weight is 627 g/mol. The van der Waals surface area contributed by atoms with Gasteiger partial charge in [0.15, 0.2) is 0 Å². The SMILES string of the molecule is Nc1cnc(-c2ccc(F)cc2)n(CC(=O)NC(Cc2ccccc2)C(=O)C(F)(F)C(=O)NCC(=O)N2CCCCCC2)c1=O. The first-order valence-electron chi connectivity index (χ1n) is 14.4. The van der Waals surface area contributed by atoms with Crippen LogP contribution >= 0.6 is 0 Å². The molecule has 1 aromatic heterocycles. The molecule has 1 saturated heterocycles. The summed E-state index contributed by atoms with van der Waals surface area (Å²) in [7, 11) is 0. The van der Waals surface area contributed by atoms with Gasteiger partial charge in [0.25, 0.3) is 11.5 Å². The van der Waals surface area contributed by atoms with Crippen LogP contribution < -0.4 is 21.9 Å². The van der Waals surface area contributed by atoms with Crippen LogP contribution in [0.25, 0.3) is 11.4 Å². The first-order chi connectivity index (χ1) is 21.5. The third-order valence-electron chi connectivity index (χ3n) is 7.37. The van der Waals surface area contributed by atoms with E-state index in [1.807, 2.05) is 5.32 Å². The molecule has 4 N–H and O–H groups in total. The van der Waals surface area contributed by atoms with Crippen molar-refractivity contribution in [1.82, 2.24) is 25.1 Å². The van der Waals surface area contributed by atoms with E-state index in [1.165, 1.54) is 17.0 Å². The molecule has 0 spiro atoms. The molecule has 1 aliphatic rings. The van der Waals surface area contributed by atoms with Crippen LogP contribution in [-0.2, 0) is 32.1 Å². The molecule has 0 bridgehead atoms. The molecule has 0 saturated carbocycles. The predicted octanol–water partition coefficient (Wildman–Crippen LogP) is 2.08. The third-order valence-corrected chi connectivity index (χ3v) is 7.37. The fraction of sp³-hybridized carbons (Fsp3) is 0.355. The third kappa shape index (κ3) is 8.34. The number of hydrogen-bond donors (Lipinski definition) is 3. The molecule has 14 heteroatoms. The summed E-state index contributed by atoms with van der Waals surface area (Å²) in [5.41, 5.74) is 5.22. The molecule has 3 aromatic rings. The minimum atomic E-state index is -4.61. The number of rotatable bonds is 11. The van der Waals surface area contributed by atoms with E-state index in [9.17, 15) is 28.4 Å². The van der Waals surface area contributed by atoms with Gasteiger partial charge in [-0.2, -0.15) is 8.78 Å². The van der Waals surface area contributed by atoms with Gasteiger partial charge in [-0.05, 0) is 42.7 Å². The minimum absolute atomic E-state index is 0.0610. The van der Waals surface area contributed by atoms with Gasteiger partial charge in [-0.25, -0.2) is 9.37 Å². The number of amides is 3. The van der Waals surface area contributed by atoms with Crippen molar-refractivity contribution in [3.8, 4) is 11.4 Å². The number of anilines is 1. The maximum Gasteiger partial charge on any atom is 0.383 e. The van der Waals surface area contributed by atoms with Crippen LogP contribution in [0.5, 0.6) is 0 Å². The van der Waals surface area contributed by atoms with Crippen molar-refractivity contribution in [3.05, 3.63) is 82.5 Å². The number of nitrogen functional groups attached to an aromatic ring is 1. The highest BCUT2D eigenvalue weighted by Gasteiger charge is 2.50. The Hall–Kier alpha value is -5.01. The van der Waals surface area contributed by atoms with Crippen LogP contribution in [0.2, 0.25) is 0 Å². The Morgan fingerprint density at radius 2 is 1.60 bits per heavy atom. The van der Waals surface area contributed by atoms with Gasteiger partial charge in [-0.1, -0.05) is 43.2 Å². The molecular formula is C31H33F3N6O5. The molecule has 45 heavy (non-hydrogen) atoms. The van der Waals surface area contributed by atoms with Gasteiger partial charge in [-0.3, -0.25) is 28.5 Å². The number of carbonyl (C=O) groups is 4. The van der Waals surface area contributed by atoms with Gasteiger partial charge in [-0.15, -0.1) is 0 Å². The number of nitrogens with zero attached hydrogens (tertiary/aromatic N) is 3. The number of benzene rings is 2. The van der Waals surface area contributed by atoms with Crippen molar-refractivity contribution >= 4 is 29.2 Å². The second kappa shape index (κ2) is 14.6. The van der Waals surface area contributed by atoms with E-state index in [1.54, 1.807) is 30.3 Å². The van der Waals surface area contributed by atoms with Crippen molar-refractivity contribution in [3.63, 3.8) is 0 Å². The van der Waals surface area contributed by atoms with Crippen LogP contribution in [0.15, 0.2) is 65.6 Å². The van der Waals surface area contributed by atoms with Crippen molar-refractivity contribution < 1.29 is 32.3 Å². The van der Waals surface area contributed by atoms with Crippen LogP contribution in [-0.4, -0.2) is 69.6 Å². The standard InChI is InChI=1S/C31H33F3N6O5/c32-22-12-10-21(11-13-22)28-36-17-23(35)29(44)40(28)19-25(41)38-24(16-20-8-4-3-5-9-20)27(43)31(33,34)30(45)37-18-26(42)39-14-6-1-2-7-15-39/h3-5,8-13,17,24H,1-2,6-7,14-16,18-19,35H2,(H,37,45)(H,38,41). The number of aromatic nitrogens is 2. The lowest BCUT2D eigenvalue weighted by Gasteiger charge is -2.24. The molecule has 1 aliphatic heterocycles. The molecule has 3 amide bonds. The Labute approximate surface area is 256 Å². The first-order valence-corrected chi connectivity index (χ1v) is 14.4. The van der Waals surface area contributed by atoms with E-state index in [0.29, 0.717) is 18.7 Å². The summed E-state index contributed by atoms with van der Waals surface area (Å²) in [5.74, 6) is -10.7. The summed E-state index contributed by atoms with van der Waals surface area (Å²) in [6, 6.07) is 10.9. The highest BCUT2D eigenvalue weighted by molar-refractivity contribution is 6.11. The van der Waals surface area contributed by atoms with Crippen molar-refractivity contribution in [2.45, 2.75) is 50.6 Å². The largest absolute Gasteiger partial charge is 0.393 e. The molecule has 0 radical (unpaired) electrons. The number of halogens is 3. The summed E-state index contributed by atoms with van der Waals surface area (Å²) in [4.78, 5) is 69.8. The highest BCUT2D eigenvalue weighted by atomic mass is 19.3. The lowest BCUT2D eigenvalue weighted by atomic mass is 9.98. The Bertz CT molecular complexity index is 1590. The fourth-order valence-electron chi connectivity index (χ4n) is 4.96. The summed E-state index contributed by atoms with van der Waals surface area (Å²) >= 11 is 0. The number of nitrogens with one attached hydrogen (secondary N) is 2. The van der Waals surface area contributed by atoms with Crippen LogP contribution in [0.1, 0.15) is 31.2 Å². The number of carbonyl (C=O) groups excluding carboxylic acids is 4. The molecule has 1 fully saturated rings. The maximum absolute atomic E-state index is 15.3. The second-order valence-electron chi connectivity index (χ2n) is 10.7. The Morgan fingerprint density at radius 3 is 2.24 bits per heavy atom. The quantitative estimate of drug-likeness (QED) is 0.275. The highest BCUT2D eigenvalue weighted by Crippen LogP contribution is 2.21. The van der Waals surface area contributed by atoms with Gasteiger partial charge >= 0.3 is 5.92 Å². The van der Waals surface area contributed by atoms with Crippen LogP contribution in [0.4, 0.5) is 18.9 Å². The zero-order valence-electron chi connectivity index (χ0n) is 24.3. The van der Waals surface area contributed by atoms with E-state index in [4.69, 9.17) is 5.73 Å². The molecule has 4 rings (SSSR count). The molecule has 11 nitrogen and oxygen atoms in total. The Kier molecular flexibility index (Phi) is 10.7. The van der Waals surface area contributed by atoms with Crippen molar-refractivity contribution in [2.24, 2.45) is 0 Å². The molecule has 0 aliphatic carbocycles. The summed E-state index contributed by atoms with van der Waals surface area (Å²) in [6.45, 7) is -0.604. The average Bonchev–Trinajstić information content (AvgIpc) is 3.32. The lowest BCUT2D eigenvalue weighted by molar-refractivity contribution is -0.161. The van der Waals surface area contributed by atoms with E-state index in [2.05, 4.69) is 10.3 Å². The number of ketones is 1. The van der Waals surface area contributed by atoms with Gasteiger partial charge in [0.1, 0.15) is 23.9 Å². The van der Waals surface area contributed by atoms with Gasteiger partial charge in [0.05, 0.1) is 18.8 Å². The van der Waals surface area contributed by atoms with Gasteiger partial charge in [0, 0.05) is 25.1 Å². The van der Waals surface area contributed by atoms with E-state index < -0.39 is 66.4 Å². The maximum atomic E-state index is 15.3. The predicted molar refractivity (Wildman–Crippen MR) is 158 cm³/mol. The van der Waals surface area contributed by atoms with Gasteiger partial charge < -0.3 is 21.3 Å². The topological polar surface area (TPSA) is 156 Å². The van der Waals surface area contributed by atoms with Crippen LogP contribution in [0.3, 0.4) is 0 Å². The Balaban J connectivity index is 1.53. The van der Waals surface area contributed by atoms with Crippen molar-refractivity contribution in [2.75, 3.05) is 25.4 Å². The van der Waals surface area contributed by atoms with E-state index in [-0.39, 0.29) is 17.1 Å². The number of alkyl halides is 2. The minimum Gasteiger partial charge on any atom is -0.393 e. The smallest absolute Gasteiger partial charge is 0.383 e. The second-order valence-corrected chi connectivity index (χ2v) is 10.7. The normalized spacial score (nSPS) is 14.2. The fourth-order valence-corrected chi connectivity index (χ4v) is 4.96. The number of Topliss-reactive ketones (excluding diaryl/α,β-unsaturated/α-hetero) is 1. The molecule has 1 unspecified atom stereocenters. The monoisotopic (exact) mass is 626 g/mol. The van der Waals surface area contributed by atoms with Crippen molar-refractivity contribution in [1.29, 1.82) is 0 Å². The van der Waals surface area contributed by atoms with Gasteiger partial charge in [0.2, 0.25) is 17.6 Å². The molecular weight excluding hydrogens is 593 g/mol. The summed E-state index contributed by atoms with van der Waals surface area (Å²) < 4.78 is 44.9. The number of nitrogens with two attached hydrogens (primary N) is 1. The molecule has 2 heterocycles. The molecule has 1 atom stereocenters. The number of likely N-dealkylation sites (tertiary alicyclic amines) is 1. The zero-order valence-corrected chi connectivity index (χ0v) is 24.3. The zero-order chi connectivity index (χ0) is 32.6. The lowest BCUT2D eigenvalue weighted by Crippen LogP contribution is -2.56. The molecule has 2 aromatic carbocycles. The first kappa shape index (κ1) is 32.9. The Morgan fingerprint density at radius 1 is 0.956 bits per heavy atom. The number of hydrogen-bond acceptors (Lipinski definition) is 7.